The van der Waals surface area contributed by atoms with Gasteiger partial charge >= 0.3 is 0 Å². The highest BCUT2D eigenvalue weighted by Gasteiger charge is 2.51. The molecule has 2 aromatic heterocycles. The summed E-state index contributed by atoms with van der Waals surface area (Å²) in [6.07, 6.45) is 0. The highest BCUT2D eigenvalue weighted by Crippen LogP contribution is 2.63. The average molecular weight is 941 g/mol. The maximum Gasteiger partial charge on any atom is 0.135 e. The molecule has 0 saturated carbocycles. The van der Waals surface area contributed by atoms with Crippen LogP contribution in [0.15, 0.2) is 271 Å². The average Bonchev–Trinajstić information content (AvgIpc) is 4.30. The maximum atomic E-state index is 6.24. The minimum absolute atomic E-state index is 0.449. The van der Waals surface area contributed by atoms with Gasteiger partial charge in [0, 0.05) is 44.0 Å². The van der Waals surface area contributed by atoms with Crippen molar-refractivity contribution < 1.29 is 4.42 Å². The van der Waals surface area contributed by atoms with Crippen molar-refractivity contribution in [1.29, 1.82) is 0 Å². The standard InChI is InChI=1S/C71H44N2O/c1-2-20-53-45(16-1)17-15-30-66(53)72(50-37-39-57-56-23-7-12-28-64(56)71(65(57)44-50)62-26-10-5-21-54(62)55-22-6-11-27-63(55)71)48-35-32-46(33-36-48)51-18-3-4-19-52(51)47-34-40-68-60(42-47)58-24-8-13-29-67(58)73(68)49-38-41-70-61(43-49)59-25-9-14-31-69(59)74-70/h1-44H. The molecule has 3 nitrogen and oxygen atoms in total. The molecule has 14 aromatic rings. The minimum atomic E-state index is -0.449. The molecule has 0 N–H and O–H groups in total. The third-order valence-corrected chi connectivity index (χ3v) is 16.2. The Hall–Kier alpha value is -9.70. The fraction of sp³-hybridized carbons (Fsp3) is 0.0141. The van der Waals surface area contributed by atoms with Gasteiger partial charge in [-0.25, -0.2) is 0 Å². The number of para-hydroxylation sites is 2. The molecule has 74 heavy (non-hydrogen) atoms. The van der Waals surface area contributed by atoms with Crippen molar-refractivity contribution in [1.82, 2.24) is 4.57 Å². The molecule has 2 aliphatic carbocycles. The largest absolute Gasteiger partial charge is 0.456 e. The van der Waals surface area contributed by atoms with Crippen LogP contribution >= 0.6 is 0 Å². The van der Waals surface area contributed by atoms with E-state index >= 15 is 0 Å². The van der Waals surface area contributed by atoms with Crippen LogP contribution in [0.2, 0.25) is 0 Å². The van der Waals surface area contributed by atoms with Crippen LogP contribution in [-0.2, 0) is 5.41 Å². The molecular weight excluding hydrogens is 897 g/mol. The molecule has 0 bridgehead atoms. The molecule has 0 amide bonds. The van der Waals surface area contributed by atoms with Crippen LogP contribution in [0.25, 0.3) is 105 Å². The van der Waals surface area contributed by atoms with E-state index < -0.39 is 5.41 Å². The number of fused-ring (bicyclic) bond motifs is 17. The Kier molecular flexibility index (Phi) is 8.66. The number of aromatic nitrogens is 1. The lowest BCUT2D eigenvalue weighted by Gasteiger charge is -2.32. The van der Waals surface area contributed by atoms with Gasteiger partial charge < -0.3 is 13.9 Å². The number of anilines is 3. The van der Waals surface area contributed by atoms with Crippen molar-refractivity contribution in [3.8, 4) is 50.2 Å². The second kappa shape index (κ2) is 15.6. The van der Waals surface area contributed by atoms with Crippen molar-refractivity contribution in [2.24, 2.45) is 0 Å². The number of hydrogen-bond acceptors (Lipinski definition) is 2. The Labute approximate surface area is 428 Å². The van der Waals surface area contributed by atoms with Gasteiger partial charge in [-0.05, 0) is 145 Å². The van der Waals surface area contributed by atoms with E-state index in [-0.39, 0.29) is 0 Å². The van der Waals surface area contributed by atoms with Crippen LogP contribution in [0.1, 0.15) is 22.3 Å². The second-order valence-corrected chi connectivity index (χ2v) is 19.9. The quantitative estimate of drug-likeness (QED) is 0.166. The van der Waals surface area contributed by atoms with Gasteiger partial charge in [0.25, 0.3) is 0 Å². The molecule has 0 radical (unpaired) electrons. The topological polar surface area (TPSA) is 21.3 Å². The van der Waals surface area contributed by atoms with Crippen molar-refractivity contribution in [3.63, 3.8) is 0 Å². The number of benzene rings is 12. The molecule has 3 heteroatoms. The van der Waals surface area contributed by atoms with E-state index in [1.807, 2.05) is 12.1 Å². The summed E-state index contributed by atoms with van der Waals surface area (Å²) in [4.78, 5) is 2.47. The Balaban J connectivity index is 0.832. The van der Waals surface area contributed by atoms with Crippen LogP contribution < -0.4 is 4.90 Å². The molecule has 344 valence electrons. The lowest BCUT2D eigenvalue weighted by atomic mass is 9.70. The first kappa shape index (κ1) is 41.0. The molecule has 0 atom stereocenters. The number of furan rings is 1. The highest BCUT2D eigenvalue weighted by atomic mass is 16.3. The lowest BCUT2D eigenvalue weighted by molar-refractivity contribution is 0.669. The van der Waals surface area contributed by atoms with Gasteiger partial charge in [0.2, 0.25) is 0 Å². The Morgan fingerprint density at radius 3 is 1.59 bits per heavy atom. The number of rotatable bonds is 6. The first-order valence-electron chi connectivity index (χ1n) is 25.6. The summed E-state index contributed by atoms with van der Waals surface area (Å²) in [5.74, 6) is 0. The maximum absolute atomic E-state index is 6.24. The van der Waals surface area contributed by atoms with Gasteiger partial charge in [0.1, 0.15) is 11.2 Å². The van der Waals surface area contributed by atoms with Crippen LogP contribution in [0.3, 0.4) is 0 Å². The highest BCUT2D eigenvalue weighted by molar-refractivity contribution is 6.12. The Morgan fingerprint density at radius 1 is 0.311 bits per heavy atom. The third kappa shape index (κ3) is 5.72. The predicted octanol–water partition coefficient (Wildman–Crippen LogP) is 19.0. The van der Waals surface area contributed by atoms with E-state index in [0.29, 0.717) is 0 Å². The molecule has 2 heterocycles. The third-order valence-electron chi connectivity index (χ3n) is 16.2. The number of hydrogen-bond donors (Lipinski definition) is 0. The molecule has 2 aliphatic rings. The van der Waals surface area contributed by atoms with Gasteiger partial charge in [-0.15, -0.1) is 0 Å². The fourth-order valence-corrected chi connectivity index (χ4v) is 13.1. The van der Waals surface area contributed by atoms with Crippen molar-refractivity contribution >= 4 is 71.6 Å². The van der Waals surface area contributed by atoms with Crippen LogP contribution in [0, 0.1) is 0 Å². The first-order valence-corrected chi connectivity index (χ1v) is 25.6. The molecule has 0 aliphatic heterocycles. The van der Waals surface area contributed by atoms with Crippen LogP contribution in [-0.4, -0.2) is 4.57 Å². The van der Waals surface area contributed by atoms with Gasteiger partial charge in [0.15, 0.2) is 0 Å². The zero-order chi connectivity index (χ0) is 48.5. The number of nitrogens with zero attached hydrogens (tertiary/aromatic N) is 2. The predicted molar refractivity (Wildman–Crippen MR) is 307 cm³/mol. The fourth-order valence-electron chi connectivity index (χ4n) is 13.1. The summed E-state index contributed by atoms with van der Waals surface area (Å²) >= 11 is 0. The van der Waals surface area contributed by atoms with Gasteiger partial charge in [0.05, 0.1) is 22.1 Å². The zero-order valence-electron chi connectivity index (χ0n) is 40.2. The van der Waals surface area contributed by atoms with E-state index in [0.717, 1.165) is 50.3 Å². The van der Waals surface area contributed by atoms with Gasteiger partial charge in [-0.2, -0.15) is 0 Å². The van der Waals surface area contributed by atoms with E-state index in [1.54, 1.807) is 0 Å². The summed E-state index contributed by atoms with van der Waals surface area (Å²) in [6, 6.07) is 98.5. The van der Waals surface area contributed by atoms with E-state index in [1.165, 1.54) is 93.8 Å². The molecule has 0 fully saturated rings. The molecule has 0 saturated heterocycles. The summed E-state index contributed by atoms with van der Waals surface area (Å²) in [5, 5.41) is 7.09. The molecular formula is C71H44N2O. The summed E-state index contributed by atoms with van der Waals surface area (Å²) in [5.41, 5.74) is 23.4. The first-order chi connectivity index (χ1) is 36.7. The van der Waals surface area contributed by atoms with Crippen molar-refractivity contribution in [2.75, 3.05) is 4.90 Å². The zero-order valence-corrected chi connectivity index (χ0v) is 40.2. The summed E-state index contributed by atoms with van der Waals surface area (Å²) in [6.45, 7) is 0. The Morgan fingerprint density at radius 2 is 0.851 bits per heavy atom. The van der Waals surface area contributed by atoms with Gasteiger partial charge in [-0.3, -0.25) is 0 Å². The van der Waals surface area contributed by atoms with Crippen LogP contribution in [0.4, 0.5) is 17.1 Å². The van der Waals surface area contributed by atoms with Gasteiger partial charge in [-0.1, -0.05) is 194 Å². The van der Waals surface area contributed by atoms with E-state index in [2.05, 4.69) is 264 Å². The second-order valence-electron chi connectivity index (χ2n) is 19.9. The Bertz CT molecular complexity index is 4560. The van der Waals surface area contributed by atoms with E-state index in [9.17, 15) is 0 Å². The summed E-state index contributed by atoms with van der Waals surface area (Å²) < 4.78 is 8.63. The normalized spacial score (nSPS) is 13.0. The van der Waals surface area contributed by atoms with Crippen molar-refractivity contribution in [2.45, 2.75) is 5.41 Å². The molecule has 1 spiro atoms. The SMILES string of the molecule is c1ccc(-c2ccc3c(c2)c2ccccc2n3-c2ccc3oc4ccccc4c3c2)c(-c2ccc(N(c3ccc4c(c3)C3(c5ccccc5-c5ccccc53)c3ccccc3-4)c3cccc4ccccc34)cc2)c1. The van der Waals surface area contributed by atoms with E-state index in [4.69, 9.17) is 4.42 Å². The molecule has 0 unspecified atom stereocenters. The lowest BCUT2D eigenvalue weighted by Crippen LogP contribution is -2.26. The molecule has 12 aromatic carbocycles. The van der Waals surface area contributed by atoms with Crippen LogP contribution in [0.5, 0.6) is 0 Å². The van der Waals surface area contributed by atoms with Crippen molar-refractivity contribution in [3.05, 3.63) is 289 Å². The smallest absolute Gasteiger partial charge is 0.135 e. The monoisotopic (exact) mass is 940 g/mol. The molecule has 16 rings (SSSR count). The minimum Gasteiger partial charge on any atom is -0.456 e. The summed E-state index contributed by atoms with van der Waals surface area (Å²) in [7, 11) is 0.